The van der Waals surface area contributed by atoms with Crippen molar-refractivity contribution < 1.29 is 0 Å². The standard InChI is InChI=1S/C19H24ClN5/c1-21-19(23-12-15-5-4-6-17(20)11-15)24-14-16-7-8-18(22-13-16)25-9-2-3-10-25/h4-8,11,13H,2-3,9-10,12,14H2,1H3,(H2,21,23,24). The van der Waals surface area contributed by atoms with Gasteiger partial charge in [0.2, 0.25) is 0 Å². The predicted octanol–water partition coefficient (Wildman–Crippen LogP) is 3.20. The molecule has 0 saturated carbocycles. The summed E-state index contributed by atoms with van der Waals surface area (Å²) in [6, 6.07) is 12.0. The second kappa shape index (κ2) is 8.72. The number of nitrogens with one attached hydrogen (secondary N) is 2. The second-order valence-electron chi connectivity index (χ2n) is 6.13. The van der Waals surface area contributed by atoms with Gasteiger partial charge in [-0.3, -0.25) is 4.99 Å². The SMILES string of the molecule is CN=C(NCc1ccc(N2CCCC2)nc1)NCc1cccc(Cl)c1. The van der Waals surface area contributed by atoms with Crippen molar-refractivity contribution in [3.63, 3.8) is 0 Å². The van der Waals surface area contributed by atoms with Crippen LogP contribution in [-0.4, -0.2) is 31.1 Å². The Bertz CT molecular complexity index is 708. The van der Waals surface area contributed by atoms with Gasteiger partial charge >= 0.3 is 0 Å². The van der Waals surface area contributed by atoms with Crippen LogP contribution in [0.2, 0.25) is 5.02 Å². The van der Waals surface area contributed by atoms with Crippen molar-refractivity contribution >= 4 is 23.4 Å². The van der Waals surface area contributed by atoms with E-state index in [1.807, 2.05) is 30.5 Å². The fraction of sp³-hybridized carbons (Fsp3) is 0.368. The highest BCUT2D eigenvalue weighted by molar-refractivity contribution is 6.30. The molecule has 0 atom stereocenters. The maximum atomic E-state index is 6.01. The summed E-state index contributed by atoms with van der Waals surface area (Å²) >= 11 is 6.01. The number of anilines is 1. The lowest BCUT2D eigenvalue weighted by atomic mass is 10.2. The van der Waals surface area contributed by atoms with Gasteiger partial charge in [0.05, 0.1) is 0 Å². The Morgan fingerprint density at radius 1 is 1.12 bits per heavy atom. The summed E-state index contributed by atoms with van der Waals surface area (Å²) < 4.78 is 0. The van der Waals surface area contributed by atoms with E-state index in [0.717, 1.165) is 41.0 Å². The monoisotopic (exact) mass is 357 g/mol. The van der Waals surface area contributed by atoms with Crippen LogP contribution in [0.3, 0.4) is 0 Å². The quantitative estimate of drug-likeness (QED) is 0.637. The molecule has 1 aromatic heterocycles. The first kappa shape index (κ1) is 17.5. The fourth-order valence-corrected chi connectivity index (χ4v) is 3.11. The molecule has 1 fully saturated rings. The molecule has 2 N–H and O–H groups in total. The Morgan fingerprint density at radius 3 is 2.52 bits per heavy atom. The Hall–Kier alpha value is -2.27. The van der Waals surface area contributed by atoms with E-state index < -0.39 is 0 Å². The number of hydrogen-bond acceptors (Lipinski definition) is 3. The third kappa shape index (κ3) is 5.10. The van der Waals surface area contributed by atoms with E-state index in [9.17, 15) is 0 Å². The summed E-state index contributed by atoms with van der Waals surface area (Å²) in [5.74, 6) is 1.83. The number of pyridine rings is 1. The molecule has 0 aliphatic carbocycles. The van der Waals surface area contributed by atoms with Crippen LogP contribution >= 0.6 is 11.6 Å². The summed E-state index contributed by atoms with van der Waals surface area (Å²) in [5, 5.41) is 7.34. The molecule has 3 rings (SSSR count). The third-order valence-corrected chi connectivity index (χ3v) is 4.51. The van der Waals surface area contributed by atoms with E-state index in [2.05, 4.69) is 37.6 Å². The van der Waals surface area contributed by atoms with Gasteiger partial charge in [-0.05, 0) is 42.2 Å². The number of hydrogen-bond donors (Lipinski definition) is 2. The van der Waals surface area contributed by atoms with Crippen molar-refractivity contribution in [2.75, 3.05) is 25.0 Å². The van der Waals surface area contributed by atoms with Crippen molar-refractivity contribution in [1.29, 1.82) is 0 Å². The number of aliphatic imine (C=N–C) groups is 1. The molecule has 0 amide bonds. The maximum Gasteiger partial charge on any atom is 0.191 e. The Kier molecular flexibility index (Phi) is 6.12. The van der Waals surface area contributed by atoms with Crippen molar-refractivity contribution in [3.8, 4) is 0 Å². The molecule has 0 spiro atoms. The van der Waals surface area contributed by atoms with Gasteiger partial charge in [0.1, 0.15) is 5.82 Å². The van der Waals surface area contributed by atoms with E-state index in [-0.39, 0.29) is 0 Å². The number of guanidine groups is 1. The van der Waals surface area contributed by atoms with Crippen LogP contribution in [0.25, 0.3) is 0 Å². The fourth-order valence-electron chi connectivity index (χ4n) is 2.89. The molecule has 132 valence electrons. The van der Waals surface area contributed by atoms with Crippen LogP contribution in [0.5, 0.6) is 0 Å². The summed E-state index contributed by atoms with van der Waals surface area (Å²) in [6.45, 7) is 3.59. The van der Waals surface area contributed by atoms with Crippen LogP contribution in [0.15, 0.2) is 47.6 Å². The first-order valence-corrected chi connectivity index (χ1v) is 9.01. The van der Waals surface area contributed by atoms with Crippen LogP contribution in [0.1, 0.15) is 24.0 Å². The van der Waals surface area contributed by atoms with Crippen LogP contribution < -0.4 is 15.5 Å². The Labute approximate surface area is 154 Å². The molecule has 0 unspecified atom stereocenters. The van der Waals surface area contributed by atoms with Crippen molar-refractivity contribution in [2.45, 2.75) is 25.9 Å². The molecule has 2 heterocycles. The summed E-state index contributed by atoms with van der Waals surface area (Å²) in [7, 11) is 1.77. The van der Waals surface area contributed by atoms with Gasteiger partial charge in [0, 0.05) is 44.4 Å². The van der Waals surface area contributed by atoms with E-state index in [1.54, 1.807) is 7.05 Å². The van der Waals surface area contributed by atoms with E-state index >= 15 is 0 Å². The number of rotatable bonds is 5. The largest absolute Gasteiger partial charge is 0.357 e. The number of halogens is 1. The minimum absolute atomic E-state index is 0.673. The summed E-state index contributed by atoms with van der Waals surface area (Å²) in [4.78, 5) is 11.2. The smallest absolute Gasteiger partial charge is 0.191 e. The molecule has 1 aliphatic heterocycles. The van der Waals surface area contributed by atoms with Gasteiger partial charge in [0.15, 0.2) is 5.96 Å². The zero-order chi connectivity index (χ0) is 17.5. The highest BCUT2D eigenvalue weighted by atomic mass is 35.5. The van der Waals surface area contributed by atoms with Gasteiger partial charge in [-0.1, -0.05) is 29.8 Å². The predicted molar refractivity (Wildman–Crippen MR) is 104 cm³/mol. The maximum absolute atomic E-state index is 6.01. The second-order valence-corrected chi connectivity index (χ2v) is 6.56. The Morgan fingerprint density at radius 2 is 1.88 bits per heavy atom. The topological polar surface area (TPSA) is 52.6 Å². The molecule has 1 saturated heterocycles. The number of benzene rings is 1. The lowest BCUT2D eigenvalue weighted by Crippen LogP contribution is -2.36. The normalized spacial score (nSPS) is 14.6. The van der Waals surface area contributed by atoms with Crippen LogP contribution in [0.4, 0.5) is 5.82 Å². The lowest BCUT2D eigenvalue weighted by molar-refractivity contribution is 0.806. The zero-order valence-electron chi connectivity index (χ0n) is 14.5. The molecule has 6 heteroatoms. The highest BCUT2D eigenvalue weighted by Crippen LogP contribution is 2.17. The van der Waals surface area contributed by atoms with Gasteiger partial charge < -0.3 is 15.5 Å². The van der Waals surface area contributed by atoms with Gasteiger partial charge in [0.25, 0.3) is 0 Å². The first-order valence-electron chi connectivity index (χ1n) is 8.63. The molecule has 25 heavy (non-hydrogen) atoms. The van der Waals surface area contributed by atoms with E-state index in [4.69, 9.17) is 11.6 Å². The van der Waals surface area contributed by atoms with Crippen molar-refractivity contribution in [1.82, 2.24) is 15.6 Å². The number of nitrogens with zero attached hydrogens (tertiary/aromatic N) is 3. The molecular formula is C19H24ClN5. The van der Waals surface area contributed by atoms with Gasteiger partial charge in [-0.25, -0.2) is 4.98 Å². The Balaban J connectivity index is 1.49. The molecule has 2 aromatic rings. The summed E-state index contributed by atoms with van der Waals surface area (Å²) in [5.41, 5.74) is 2.25. The average Bonchev–Trinajstić information content (AvgIpc) is 3.17. The number of aromatic nitrogens is 1. The lowest BCUT2D eigenvalue weighted by Gasteiger charge is -2.16. The molecule has 0 radical (unpaired) electrons. The molecule has 0 bridgehead atoms. The van der Waals surface area contributed by atoms with Crippen LogP contribution in [0, 0.1) is 0 Å². The van der Waals surface area contributed by atoms with Gasteiger partial charge in [-0.15, -0.1) is 0 Å². The van der Waals surface area contributed by atoms with Crippen LogP contribution in [-0.2, 0) is 13.1 Å². The summed E-state index contributed by atoms with van der Waals surface area (Å²) in [6.07, 6.45) is 4.46. The molecule has 1 aromatic carbocycles. The molecule has 5 nitrogen and oxygen atoms in total. The highest BCUT2D eigenvalue weighted by Gasteiger charge is 2.12. The third-order valence-electron chi connectivity index (χ3n) is 4.27. The first-order chi connectivity index (χ1) is 12.2. The minimum Gasteiger partial charge on any atom is -0.357 e. The van der Waals surface area contributed by atoms with E-state index in [0.29, 0.717) is 13.1 Å². The van der Waals surface area contributed by atoms with Crippen molar-refractivity contribution in [3.05, 3.63) is 58.7 Å². The van der Waals surface area contributed by atoms with Crippen molar-refractivity contribution in [2.24, 2.45) is 4.99 Å². The molecular weight excluding hydrogens is 334 g/mol. The van der Waals surface area contributed by atoms with Gasteiger partial charge in [-0.2, -0.15) is 0 Å². The zero-order valence-corrected chi connectivity index (χ0v) is 15.3. The molecule has 1 aliphatic rings. The minimum atomic E-state index is 0.673. The van der Waals surface area contributed by atoms with E-state index in [1.165, 1.54) is 12.8 Å². The average molecular weight is 358 g/mol.